The lowest BCUT2D eigenvalue weighted by Gasteiger charge is -2.33. The van der Waals surface area contributed by atoms with Crippen molar-refractivity contribution in [1.82, 2.24) is 15.1 Å². The van der Waals surface area contributed by atoms with Crippen molar-refractivity contribution in [2.45, 2.75) is 25.4 Å². The number of nitrogens with zero attached hydrogens (tertiary/aromatic N) is 2. The highest BCUT2D eigenvalue weighted by molar-refractivity contribution is 6.31. The highest BCUT2D eigenvalue weighted by Crippen LogP contribution is 2.30. The molecular weight excluding hydrogens is 270 g/mol. The van der Waals surface area contributed by atoms with Crippen LogP contribution in [0.4, 0.5) is 0 Å². The van der Waals surface area contributed by atoms with Crippen LogP contribution >= 0.6 is 11.6 Å². The molecule has 1 aromatic rings. The number of hydrogen-bond acceptors (Lipinski definition) is 3. The van der Waals surface area contributed by atoms with Gasteiger partial charge >= 0.3 is 0 Å². The van der Waals surface area contributed by atoms with E-state index < -0.39 is 0 Å². The summed E-state index contributed by atoms with van der Waals surface area (Å²) in [4.78, 5) is 5.23. The van der Waals surface area contributed by atoms with E-state index in [0.717, 1.165) is 24.2 Å². The molecule has 4 heteroatoms. The summed E-state index contributed by atoms with van der Waals surface area (Å²) in [7, 11) is 0. The summed E-state index contributed by atoms with van der Waals surface area (Å²) >= 11 is 6.34. The Morgan fingerprint density at radius 1 is 1.20 bits per heavy atom. The third kappa shape index (κ3) is 3.01. The van der Waals surface area contributed by atoms with E-state index in [4.69, 9.17) is 11.6 Å². The number of nitrogens with one attached hydrogen (secondary N) is 1. The molecule has 0 aromatic heterocycles. The van der Waals surface area contributed by atoms with Crippen molar-refractivity contribution in [1.29, 1.82) is 0 Å². The Kier molecular flexibility index (Phi) is 4.61. The van der Waals surface area contributed by atoms with Gasteiger partial charge in [0.1, 0.15) is 0 Å². The second-order valence-electron chi connectivity index (χ2n) is 5.92. The van der Waals surface area contributed by atoms with Crippen molar-refractivity contribution >= 4 is 11.6 Å². The average molecular weight is 294 g/mol. The first kappa shape index (κ1) is 14.3. The molecule has 1 N–H and O–H groups in total. The molecule has 0 spiro atoms. The van der Waals surface area contributed by atoms with Crippen LogP contribution in [0.3, 0.4) is 0 Å². The number of piperazine rings is 1. The summed E-state index contributed by atoms with van der Waals surface area (Å²) in [5.74, 6) is 0. The van der Waals surface area contributed by atoms with E-state index in [1.165, 1.54) is 38.2 Å². The van der Waals surface area contributed by atoms with Gasteiger partial charge in [0.15, 0.2) is 0 Å². The maximum absolute atomic E-state index is 6.34. The van der Waals surface area contributed by atoms with Crippen molar-refractivity contribution in [2.24, 2.45) is 0 Å². The maximum atomic E-state index is 6.34. The van der Waals surface area contributed by atoms with Gasteiger partial charge in [0.25, 0.3) is 0 Å². The molecular formula is C16H24ClN3. The summed E-state index contributed by atoms with van der Waals surface area (Å²) in [5, 5.41) is 4.33. The molecule has 0 aliphatic carbocycles. The molecule has 20 heavy (non-hydrogen) atoms. The van der Waals surface area contributed by atoms with Crippen LogP contribution in [-0.2, 0) is 0 Å². The fourth-order valence-electron chi connectivity index (χ4n) is 3.48. The van der Waals surface area contributed by atoms with Crippen LogP contribution in [0.1, 0.15) is 24.9 Å². The molecule has 2 aliphatic rings. The predicted octanol–water partition coefficient (Wildman–Crippen LogP) is 2.38. The normalized spacial score (nSPS) is 26.8. The van der Waals surface area contributed by atoms with Gasteiger partial charge in [-0.2, -0.15) is 0 Å². The molecule has 3 rings (SSSR count). The lowest BCUT2D eigenvalue weighted by molar-refractivity contribution is 0.162. The number of rotatable bonds is 3. The topological polar surface area (TPSA) is 18.5 Å². The molecule has 110 valence electrons. The molecule has 2 saturated heterocycles. The van der Waals surface area contributed by atoms with E-state index in [-0.39, 0.29) is 0 Å². The van der Waals surface area contributed by atoms with Crippen molar-refractivity contribution in [3.8, 4) is 0 Å². The first-order chi connectivity index (χ1) is 9.75. The molecule has 0 saturated carbocycles. The van der Waals surface area contributed by atoms with Crippen LogP contribution in [-0.4, -0.2) is 55.1 Å². The fraction of sp³-hybridized carbons (Fsp3) is 0.625. The summed E-state index contributed by atoms with van der Waals surface area (Å²) in [6.07, 6.45) is 1.29. The number of hydrogen-bond donors (Lipinski definition) is 1. The second kappa shape index (κ2) is 6.44. The summed E-state index contributed by atoms with van der Waals surface area (Å²) in [6.45, 7) is 9.29. The smallest absolute Gasteiger partial charge is 0.0453 e. The molecule has 0 bridgehead atoms. The van der Waals surface area contributed by atoms with Crippen LogP contribution in [0.15, 0.2) is 24.3 Å². The van der Waals surface area contributed by atoms with Crippen LogP contribution < -0.4 is 5.32 Å². The van der Waals surface area contributed by atoms with Crippen molar-refractivity contribution in [2.75, 3.05) is 39.3 Å². The van der Waals surface area contributed by atoms with Gasteiger partial charge in [-0.1, -0.05) is 29.8 Å². The van der Waals surface area contributed by atoms with Crippen LogP contribution in [0.5, 0.6) is 0 Å². The summed E-state index contributed by atoms with van der Waals surface area (Å²) < 4.78 is 0. The van der Waals surface area contributed by atoms with Gasteiger partial charge in [0, 0.05) is 56.4 Å². The zero-order chi connectivity index (χ0) is 13.9. The zero-order valence-corrected chi connectivity index (χ0v) is 12.9. The Morgan fingerprint density at radius 3 is 2.70 bits per heavy atom. The van der Waals surface area contributed by atoms with Crippen molar-refractivity contribution in [3.63, 3.8) is 0 Å². The van der Waals surface area contributed by atoms with Crippen LogP contribution in [0.2, 0.25) is 5.02 Å². The van der Waals surface area contributed by atoms with Crippen molar-refractivity contribution in [3.05, 3.63) is 34.9 Å². The summed E-state index contributed by atoms with van der Waals surface area (Å²) in [6, 6.07) is 9.38. The summed E-state index contributed by atoms with van der Waals surface area (Å²) in [5.41, 5.74) is 1.26. The van der Waals surface area contributed by atoms with E-state index in [1.54, 1.807) is 0 Å². The standard InChI is InChI=1S/C16H24ClN3/c1-13(15-4-2-3-5-16(15)17)20-9-6-14(12-20)19-10-7-18-8-11-19/h2-5,13-14,18H,6-12H2,1H3. The molecule has 2 fully saturated rings. The molecule has 2 aliphatic heterocycles. The lowest BCUT2D eigenvalue weighted by atomic mass is 10.1. The molecule has 0 amide bonds. The molecule has 0 radical (unpaired) electrons. The quantitative estimate of drug-likeness (QED) is 0.923. The van der Waals surface area contributed by atoms with Crippen molar-refractivity contribution < 1.29 is 0 Å². The minimum Gasteiger partial charge on any atom is -0.314 e. The largest absolute Gasteiger partial charge is 0.314 e. The average Bonchev–Trinajstić information content (AvgIpc) is 2.98. The number of likely N-dealkylation sites (tertiary alicyclic amines) is 1. The van der Waals surface area contributed by atoms with Gasteiger partial charge < -0.3 is 5.32 Å². The Morgan fingerprint density at radius 2 is 1.95 bits per heavy atom. The third-order valence-corrected chi connectivity index (χ3v) is 5.11. The van der Waals surface area contributed by atoms with Gasteiger partial charge in [0.2, 0.25) is 0 Å². The van der Waals surface area contributed by atoms with E-state index >= 15 is 0 Å². The second-order valence-corrected chi connectivity index (χ2v) is 6.33. The SMILES string of the molecule is CC(c1ccccc1Cl)N1CCC(N2CCNCC2)C1. The Bertz CT molecular complexity index is 445. The van der Waals surface area contributed by atoms with Crippen LogP contribution in [0, 0.1) is 0 Å². The Labute approximate surface area is 126 Å². The first-order valence-electron chi connectivity index (χ1n) is 7.69. The lowest BCUT2D eigenvalue weighted by Crippen LogP contribution is -2.49. The number of halogens is 1. The van der Waals surface area contributed by atoms with E-state index in [9.17, 15) is 0 Å². The van der Waals surface area contributed by atoms with Gasteiger partial charge in [-0.05, 0) is 25.0 Å². The maximum Gasteiger partial charge on any atom is 0.0453 e. The van der Waals surface area contributed by atoms with E-state index in [2.05, 4.69) is 34.2 Å². The van der Waals surface area contributed by atoms with Gasteiger partial charge in [0.05, 0.1) is 0 Å². The van der Waals surface area contributed by atoms with Crippen LogP contribution in [0.25, 0.3) is 0 Å². The van der Waals surface area contributed by atoms with Gasteiger partial charge in [-0.15, -0.1) is 0 Å². The van der Waals surface area contributed by atoms with E-state index in [1.807, 2.05) is 12.1 Å². The third-order valence-electron chi connectivity index (χ3n) is 4.77. The van der Waals surface area contributed by atoms with E-state index in [0.29, 0.717) is 6.04 Å². The zero-order valence-electron chi connectivity index (χ0n) is 12.2. The molecule has 2 atom stereocenters. The Hall–Kier alpha value is -0.610. The fourth-order valence-corrected chi connectivity index (χ4v) is 3.77. The monoisotopic (exact) mass is 293 g/mol. The Balaban J connectivity index is 1.63. The minimum atomic E-state index is 0.414. The number of benzene rings is 1. The molecule has 3 nitrogen and oxygen atoms in total. The first-order valence-corrected chi connectivity index (χ1v) is 8.07. The molecule has 1 aromatic carbocycles. The molecule has 2 unspecified atom stereocenters. The predicted molar refractivity (Wildman–Crippen MR) is 84.3 cm³/mol. The molecule has 2 heterocycles. The minimum absolute atomic E-state index is 0.414. The van der Waals surface area contributed by atoms with Gasteiger partial charge in [-0.25, -0.2) is 0 Å². The highest BCUT2D eigenvalue weighted by Gasteiger charge is 2.31. The van der Waals surface area contributed by atoms with Gasteiger partial charge in [-0.3, -0.25) is 9.80 Å². The highest BCUT2D eigenvalue weighted by atomic mass is 35.5.